The minimum absolute atomic E-state index is 0.0262. The van der Waals surface area contributed by atoms with E-state index < -0.39 is 6.04 Å². The molecular weight excluding hydrogens is 418 g/mol. The van der Waals surface area contributed by atoms with Gasteiger partial charge in [0.25, 0.3) is 5.91 Å². The lowest BCUT2D eigenvalue weighted by Crippen LogP contribution is -2.48. The summed E-state index contributed by atoms with van der Waals surface area (Å²) in [5.74, 6) is 1.14. The van der Waals surface area contributed by atoms with E-state index in [-0.39, 0.29) is 17.7 Å². The van der Waals surface area contributed by atoms with Gasteiger partial charge in [-0.1, -0.05) is 12.1 Å². The summed E-state index contributed by atoms with van der Waals surface area (Å²) in [5, 5.41) is 0. The van der Waals surface area contributed by atoms with Crippen molar-refractivity contribution in [2.75, 3.05) is 40.8 Å². The van der Waals surface area contributed by atoms with Crippen LogP contribution in [-0.2, 0) is 9.59 Å². The van der Waals surface area contributed by atoms with Crippen LogP contribution in [0.4, 0.5) is 0 Å². The Morgan fingerprint density at radius 2 is 1.85 bits per heavy atom. The maximum Gasteiger partial charge on any atom is 0.258 e. The molecule has 0 saturated heterocycles. The number of rotatable bonds is 7. The maximum atomic E-state index is 13.4. The Labute approximate surface area is 198 Å². The fraction of sp³-hybridized carbons (Fsp3) is 0.654. The van der Waals surface area contributed by atoms with Crippen molar-refractivity contribution in [1.29, 1.82) is 0 Å². The minimum Gasteiger partial charge on any atom is -0.493 e. The molecule has 1 fully saturated rings. The number of para-hydroxylation sites is 1. The van der Waals surface area contributed by atoms with E-state index in [4.69, 9.17) is 4.74 Å². The van der Waals surface area contributed by atoms with E-state index in [9.17, 15) is 14.4 Å². The number of carbonyl (C=O) groups excluding carboxylic acids is 3. The summed E-state index contributed by atoms with van der Waals surface area (Å²) in [4.78, 5) is 44.0. The third kappa shape index (κ3) is 7.21. The summed E-state index contributed by atoms with van der Waals surface area (Å²) in [5.41, 5.74) is 0.491. The van der Waals surface area contributed by atoms with Gasteiger partial charge in [0.2, 0.25) is 11.8 Å². The van der Waals surface area contributed by atoms with E-state index in [2.05, 4.69) is 0 Å². The van der Waals surface area contributed by atoms with E-state index in [1.807, 2.05) is 32.3 Å². The number of unbranched alkanes of at least 4 members (excludes halogenated alkanes) is 1. The van der Waals surface area contributed by atoms with Gasteiger partial charge in [-0.2, -0.15) is 0 Å². The highest BCUT2D eigenvalue weighted by Crippen LogP contribution is 2.32. The van der Waals surface area contributed by atoms with Gasteiger partial charge in [-0.25, -0.2) is 0 Å². The monoisotopic (exact) mass is 457 g/mol. The number of nitrogens with zero attached hydrogens (tertiary/aromatic N) is 3. The van der Waals surface area contributed by atoms with Gasteiger partial charge in [0, 0.05) is 40.7 Å². The van der Waals surface area contributed by atoms with Crippen LogP contribution in [0, 0.1) is 5.92 Å². The molecule has 1 heterocycles. The van der Waals surface area contributed by atoms with Crippen molar-refractivity contribution in [3.05, 3.63) is 29.8 Å². The summed E-state index contributed by atoms with van der Waals surface area (Å²) >= 11 is 0. The highest BCUT2D eigenvalue weighted by Gasteiger charge is 2.31. The van der Waals surface area contributed by atoms with E-state index >= 15 is 0 Å². The molecule has 33 heavy (non-hydrogen) atoms. The predicted molar refractivity (Wildman–Crippen MR) is 128 cm³/mol. The van der Waals surface area contributed by atoms with Gasteiger partial charge >= 0.3 is 0 Å². The zero-order valence-corrected chi connectivity index (χ0v) is 20.4. The number of amides is 3. The Morgan fingerprint density at radius 1 is 1.09 bits per heavy atom. The first-order valence-electron chi connectivity index (χ1n) is 12.4. The second-order valence-corrected chi connectivity index (χ2v) is 9.56. The van der Waals surface area contributed by atoms with Gasteiger partial charge in [-0.15, -0.1) is 0 Å². The second-order valence-electron chi connectivity index (χ2n) is 9.56. The van der Waals surface area contributed by atoms with Crippen molar-refractivity contribution >= 4 is 17.7 Å². The van der Waals surface area contributed by atoms with Gasteiger partial charge in [0.15, 0.2) is 0 Å². The summed E-state index contributed by atoms with van der Waals surface area (Å²) in [6.45, 7) is 1.90. The van der Waals surface area contributed by atoms with Gasteiger partial charge in [-0.3, -0.25) is 14.4 Å². The van der Waals surface area contributed by atoms with Crippen LogP contribution in [0.15, 0.2) is 24.3 Å². The minimum atomic E-state index is -0.538. The molecule has 0 N–H and O–H groups in total. The molecule has 1 aliphatic heterocycles. The van der Waals surface area contributed by atoms with Gasteiger partial charge < -0.3 is 19.4 Å². The summed E-state index contributed by atoms with van der Waals surface area (Å²) in [7, 11) is 5.39. The van der Waals surface area contributed by atoms with Crippen LogP contribution in [0.1, 0.15) is 68.1 Å². The molecule has 2 aliphatic rings. The lowest BCUT2D eigenvalue weighted by molar-refractivity contribution is -0.135. The lowest BCUT2D eigenvalue weighted by Gasteiger charge is -2.31. The number of benzene rings is 1. The van der Waals surface area contributed by atoms with E-state index in [1.165, 1.54) is 12.8 Å². The molecule has 7 heteroatoms. The average Bonchev–Trinajstić information content (AvgIpc) is 3.63. The van der Waals surface area contributed by atoms with E-state index in [0.29, 0.717) is 49.8 Å². The Balaban J connectivity index is 1.66. The zero-order chi connectivity index (χ0) is 23.8. The Bertz CT molecular complexity index is 824. The number of ether oxygens (including phenoxy) is 1. The smallest absolute Gasteiger partial charge is 0.258 e. The largest absolute Gasteiger partial charge is 0.493 e. The normalized spacial score (nSPS) is 20.3. The Kier molecular flexibility index (Phi) is 9.15. The van der Waals surface area contributed by atoms with Crippen LogP contribution >= 0.6 is 0 Å². The highest BCUT2D eigenvalue weighted by atomic mass is 16.5. The topological polar surface area (TPSA) is 70.2 Å². The second kappa shape index (κ2) is 12.1. The molecule has 0 bridgehead atoms. The standard InChI is InChI=1S/C26H39N3O4/c1-27(24(30)19-20-14-15-20)16-9-7-12-22-26(32)28(2)17-8-4-10-18-33-23-13-6-5-11-21(23)25(31)29(22)3/h5-6,11,13,20,22H,4,7-10,12,14-19H2,1-3H3/t22-/m0/s1. The predicted octanol–water partition coefficient (Wildman–Crippen LogP) is 3.58. The summed E-state index contributed by atoms with van der Waals surface area (Å²) < 4.78 is 5.90. The van der Waals surface area contributed by atoms with Crippen LogP contribution < -0.4 is 4.74 Å². The van der Waals surface area contributed by atoms with E-state index in [1.54, 1.807) is 27.8 Å². The molecule has 0 spiro atoms. The highest BCUT2D eigenvalue weighted by molar-refractivity contribution is 5.99. The SMILES string of the molecule is CN(CCCC[C@H]1C(=O)N(C)CCCCCOc2ccccc2C(=O)N1C)C(=O)CC1CC1. The first-order chi connectivity index (χ1) is 15.9. The molecule has 0 aromatic heterocycles. The molecule has 1 atom stereocenters. The molecule has 0 radical (unpaired) electrons. The van der Waals surface area contributed by atoms with Crippen LogP contribution in [0.25, 0.3) is 0 Å². The van der Waals surface area contributed by atoms with Crippen molar-refractivity contribution in [2.24, 2.45) is 5.92 Å². The number of hydrogen-bond donors (Lipinski definition) is 0. The third-order valence-corrected chi connectivity index (χ3v) is 6.77. The quantitative estimate of drug-likeness (QED) is 0.587. The Morgan fingerprint density at radius 3 is 2.61 bits per heavy atom. The van der Waals surface area contributed by atoms with E-state index in [0.717, 1.165) is 32.1 Å². The summed E-state index contributed by atoms with van der Waals surface area (Å²) in [6.07, 6.45) is 7.90. The molecule has 182 valence electrons. The molecule has 3 rings (SSSR count). The zero-order valence-electron chi connectivity index (χ0n) is 20.4. The number of hydrogen-bond acceptors (Lipinski definition) is 4. The molecule has 1 aromatic carbocycles. The first kappa shape index (κ1) is 25.1. The van der Waals surface area contributed by atoms with Crippen molar-refractivity contribution < 1.29 is 19.1 Å². The van der Waals surface area contributed by atoms with Crippen LogP contribution in [-0.4, -0.2) is 79.3 Å². The number of fused-ring (bicyclic) bond motifs is 1. The fourth-order valence-corrected chi connectivity index (χ4v) is 4.29. The molecule has 3 amide bonds. The molecular formula is C26H39N3O4. The summed E-state index contributed by atoms with van der Waals surface area (Å²) in [6, 6.07) is 6.73. The van der Waals surface area contributed by atoms with Crippen LogP contribution in [0.3, 0.4) is 0 Å². The lowest BCUT2D eigenvalue weighted by atomic mass is 10.0. The number of likely N-dealkylation sites (N-methyl/N-ethyl adjacent to an activating group) is 2. The van der Waals surface area contributed by atoms with Gasteiger partial charge in [-0.05, 0) is 69.4 Å². The van der Waals surface area contributed by atoms with Crippen LogP contribution in [0.5, 0.6) is 5.75 Å². The van der Waals surface area contributed by atoms with Gasteiger partial charge in [0.1, 0.15) is 11.8 Å². The average molecular weight is 458 g/mol. The third-order valence-electron chi connectivity index (χ3n) is 6.77. The Hall–Kier alpha value is -2.57. The molecule has 7 nitrogen and oxygen atoms in total. The first-order valence-corrected chi connectivity index (χ1v) is 12.4. The van der Waals surface area contributed by atoms with Crippen molar-refractivity contribution in [1.82, 2.24) is 14.7 Å². The molecule has 1 saturated carbocycles. The molecule has 1 aromatic rings. The number of carbonyl (C=O) groups is 3. The van der Waals surface area contributed by atoms with Crippen LogP contribution in [0.2, 0.25) is 0 Å². The maximum absolute atomic E-state index is 13.4. The molecule has 1 aliphatic carbocycles. The van der Waals surface area contributed by atoms with Crippen molar-refractivity contribution in [2.45, 2.75) is 63.8 Å². The van der Waals surface area contributed by atoms with Crippen molar-refractivity contribution in [3.63, 3.8) is 0 Å². The van der Waals surface area contributed by atoms with Gasteiger partial charge in [0.05, 0.1) is 12.2 Å². The molecule has 0 unspecified atom stereocenters. The van der Waals surface area contributed by atoms with Crippen molar-refractivity contribution in [3.8, 4) is 5.75 Å². The fourth-order valence-electron chi connectivity index (χ4n) is 4.29.